The number of fused-ring (bicyclic) bond motifs is 1. The monoisotopic (exact) mass is 712 g/mol. The lowest BCUT2D eigenvalue weighted by Crippen LogP contribution is -2.36. The Kier molecular flexibility index (Phi) is 14.0. The molecule has 0 saturated carbocycles. The first-order valence-electron chi connectivity index (χ1n) is 15.5. The quantitative estimate of drug-likeness (QED) is 0.0390. The highest BCUT2D eigenvalue weighted by atomic mass is 32.2. The number of aliphatic hydroxyl groups is 1. The summed E-state index contributed by atoms with van der Waals surface area (Å²) in [6.07, 6.45) is -0.495. The molecule has 0 aliphatic rings. The number of carbonyl (C=O) groups is 2. The first-order chi connectivity index (χ1) is 23.1. The number of Topliss-reactive ketones (excluding diaryl/α,β-unsaturated/α-hetero) is 1. The molecule has 2 atom stereocenters. The number of thioether (sulfide) groups is 1. The Morgan fingerprint density at radius 1 is 1.06 bits per heavy atom. The highest BCUT2D eigenvalue weighted by Gasteiger charge is 2.56. The van der Waals surface area contributed by atoms with Gasteiger partial charge < -0.3 is 24.5 Å². The summed E-state index contributed by atoms with van der Waals surface area (Å²) in [5.74, 6) is -6.78. The second-order valence-electron chi connectivity index (χ2n) is 11.2. The number of halogens is 5. The number of hydrogen-bond donors (Lipinski definition) is 3. The number of carbonyl (C=O) groups excluding carboxylic acids is 1. The summed E-state index contributed by atoms with van der Waals surface area (Å²) in [5.41, 5.74) is 0.170. The third-order valence-corrected chi connectivity index (χ3v) is 8.68. The molecule has 8 nitrogen and oxygen atoms in total. The number of carboxylic acids is 1. The fraction of sp³-hybridized carbons (Fsp3) is 0.400. The van der Waals surface area contributed by atoms with Crippen LogP contribution in [0.25, 0.3) is 11.0 Å². The van der Waals surface area contributed by atoms with Gasteiger partial charge in [-0.3, -0.25) is 9.59 Å². The molecular weight excluding hydrogens is 675 g/mol. The lowest BCUT2D eigenvalue weighted by Gasteiger charge is -2.22. The summed E-state index contributed by atoms with van der Waals surface area (Å²) < 4.78 is 75.9. The van der Waals surface area contributed by atoms with E-state index in [4.69, 9.17) is 9.15 Å². The van der Waals surface area contributed by atoms with Gasteiger partial charge in [0.15, 0.2) is 11.2 Å². The van der Waals surface area contributed by atoms with Crippen LogP contribution < -0.4 is 10.2 Å². The number of aromatic carboxylic acids is 1. The normalized spacial score (nSPS) is 13.7. The number of phenolic OH excluding ortho intramolecular Hbond substituents is 1. The molecule has 0 saturated heterocycles. The topological polar surface area (TPSA) is 134 Å². The van der Waals surface area contributed by atoms with Crippen molar-refractivity contribution in [3.63, 3.8) is 0 Å². The van der Waals surface area contributed by atoms with Crippen LogP contribution in [0.3, 0.4) is 0 Å². The minimum absolute atomic E-state index is 0.0362. The van der Waals surface area contributed by atoms with Crippen LogP contribution in [0, 0.1) is 0 Å². The Labute approximate surface area is 283 Å². The number of unbranched alkanes of at least 4 members (excludes halogenated alkanes) is 1. The van der Waals surface area contributed by atoms with E-state index < -0.39 is 53.5 Å². The summed E-state index contributed by atoms with van der Waals surface area (Å²) in [6.45, 7) is 3.62. The highest BCUT2D eigenvalue weighted by Crippen LogP contribution is 2.40. The minimum Gasteiger partial charge on any atom is -0.507 e. The van der Waals surface area contributed by atoms with Gasteiger partial charge in [-0.1, -0.05) is 37.6 Å². The number of benzene rings is 2. The van der Waals surface area contributed by atoms with E-state index in [1.807, 2.05) is 6.92 Å². The fourth-order valence-corrected chi connectivity index (χ4v) is 5.92. The van der Waals surface area contributed by atoms with Crippen molar-refractivity contribution in [1.82, 2.24) is 0 Å². The number of ether oxygens (including phenoxy) is 1. The number of allylic oxidation sites excluding steroid dienone is 3. The largest absolute Gasteiger partial charge is 0.507 e. The number of aromatic hydroxyl groups is 1. The molecular formula is C35H37F5O8S. The standard InChI is InChI=1S/C35H37F5O8S/c1-3-10-25-28(16-15-23(21(2)41)32(25)44)47-18-8-6-4-5-7-12-31(26(42)11-9-17-34(36,37)35(38,39)40)49-22-13-14-24-27(43)20-30(33(45)46)48-29(24)19-22/h4-5,7,12-16,19-20,26,31,42,44H,3,6,8-11,17-18H2,1-2H3,(H,45,46)/b5-4-,12-7+. The maximum atomic E-state index is 13.4. The van der Waals surface area contributed by atoms with E-state index in [0.717, 1.165) is 24.2 Å². The highest BCUT2D eigenvalue weighted by molar-refractivity contribution is 8.00. The second kappa shape index (κ2) is 17.5. The Hall–Kier alpha value is -4.17. The minimum atomic E-state index is -5.70. The van der Waals surface area contributed by atoms with Crippen molar-refractivity contribution < 1.29 is 56.0 Å². The third kappa shape index (κ3) is 10.9. The first kappa shape index (κ1) is 39.3. The fourth-order valence-electron chi connectivity index (χ4n) is 4.82. The van der Waals surface area contributed by atoms with Crippen LogP contribution in [0.4, 0.5) is 22.0 Å². The van der Waals surface area contributed by atoms with E-state index in [-0.39, 0.29) is 34.5 Å². The zero-order chi connectivity index (χ0) is 36.4. The zero-order valence-corrected chi connectivity index (χ0v) is 27.6. The molecule has 49 heavy (non-hydrogen) atoms. The molecule has 0 radical (unpaired) electrons. The van der Waals surface area contributed by atoms with Crippen LogP contribution >= 0.6 is 11.8 Å². The van der Waals surface area contributed by atoms with E-state index in [2.05, 4.69) is 0 Å². The van der Waals surface area contributed by atoms with Gasteiger partial charge in [-0.2, -0.15) is 22.0 Å². The molecule has 2 aromatic carbocycles. The Balaban J connectivity index is 1.68. The average molecular weight is 713 g/mol. The average Bonchev–Trinajstić information content (AvgIpc) is 3.02. The van der Waals surface area contributed by atoms with Gasteiger partial charge in [0.2, 0.25) is 5.76 Å². The van der Waals surface area contributed by atoms with Gasteiger partial charge >= 0.3 is 18.1 Å². The maximum absolute atomic E-state index is 13.4. The molecule has 0 aliphatic carbocycles. The van der Waals surface area contributed by atoms with Crippen molar-refractivity contribution in [2.75, 3.05) is 6.61 Å². The summed E-state index contributed by atoms with van der Waals surface area (Å²) >= 11 is 1.02. The summed E-state index contributed by atoms with van der Waals surface area (Å²) in [7, 11) is 0. The predicted octanol–water partition coefficient (Wildman–Crippen LogP) is 8.51. The summed E-state index contributed by atoms with van der Waals surface area (Å²) in [4.78, 5) is 35.8. The molecule has 3 aromatic rings. The Morgan fingerprint density at radius 3 is 2.45 bits per heavy atom. The number of rotatable bonds is 18. The molecule has 266 valence electrons. The molecule has 1 aromatic heterocycles. The molecule has 3 rings (SSSR count). The molecule has 0 amide bonds. The smallest absolute Gasteiger partial charge is 0.453 e. The van der Waals surface area contributed by atoms with Crippen LogP contribution in [0.15, 0.2) is 74.8 Å². The van der Waals surface area contributed by atoms with Crippen molar-refractivity contribution >= 4 is 34.5 Å². The van der Waals surface area contributed by atoms with Crippen molar-refractivity contribution in [3.8, 4) is 11.5 Å². The van der Waals surface area contributed by atoms with E-state index >= 15 is 0 Å². The molecule has 14 heteroatoms. The van der Waals surface area contributed by atoms with Crippen LogP contribution in [0.5, 0.6) is 11.5 Å². The lowest BCUT2D eigenvalue weighted by molar-refractivity contribution is -0.284. The van der Waals surface area contributed by atoms with Gasteiger partial charge in [0.05, 0.1) is 28.9 Å². The van der Waals surface area contributed by atoms with Crippen LogP contribution in [-0.4, -0.2) is 57.1 Å². The van der Waals surface area contributed by atoms with Crippen molar-refractivity contribution in [2.45, 2.75) is 87.1 Å². The van der Waals surface area contributed by atoms with E-state index in [1.54, 1.807) is 30.4 Å². The molecule has 0 bridgehead atoms. The second-order valence-corrected chi connectivity index (χ2v) is 12.5. The zero-order valence-electron chi connectivity index (χ0n) is 26.8. The number of hydrogen-bond acceptors (Lipinski definition) is 8. The Bertz CT molecular complexity index is 1730. The molecule has 0 spiro atoms. The van der Waals surface area contributed by atoms with Crippen molar-refractivity contribution in [3.05, 3.63) is 87.8 Å². The number of alkyl halides is 5. The van der Waals surface area contributed by atoms with Crippen molar-refractivity contribution in [1.29, 1.82) is 0 Å². The summed E-state index contributed by atoms with van der Waals surface area (Å²) in [5, 5.41) is 29.8. The molecule has 3 N–H and O–H groups in total. The number of ketones is 1. The van der Waals surface area contributed by atoms with Gasteiger partial charge in [0.1, 0.15) is 17.1 Å². The van der Waals surface area contributed by atoms with E-state index in [9.17, 15) is 51.7 Å². The van der Waals surface area contributed by atoms with Gasteiger partial charge in [-0.25, -0.2) is 4.79 Å². The first-order valence-corrected chi connectivity index (χ1v) is 16.4. The lowest BCUT2D eigenvalue weighted by atomic mass is 10.0. The molecule has 2 unspecified atom stereocenters. The van der Waals surface area contributed by atoms with Gasteiger partial charge in [0, 0.05) is 22.9 Å². The molecule has 1 heterocycles. The maximum Gasteiger partial charge on any atom is 0.453 e. The predicted molar refractivity (Wildman–Crippen MR) is 175 cm³/mol. The molecule has 0 aliphatic heterocycles. The van der Waals surface area contributed by atoms with E-state index in [1.165, 1.54) is 31.2 Å². The number of aliphatic hydroxyl groups excluding tert-OH is 1. The van der Waals surface area contributed by atoms with Crippen LogP contribution in [0.2, 0.25) is 0 Å². The number of phenols is 1. The van der Waals surface area contributed by atoms with Gasteiger partial charge in [-0.05, 0) is 69.4 Å². The van der Waals surface area contributed by atoms with Crippen molar-refractivity contribution in [2.24, 2.45) is 0 Å². The van der Waals surface area contributed by atoms with Gasteiger partial charge in [0.25, 0.3) is 0 Å². The number of carboxylic acid groups (broad SMARTS) is 1. The Morgan fingerprint density at radius 2 is 1.80 bits per heavy atom. The molecule has 0 fully saturated rings. The third-order valence-electron chi connectivity index (χ3n) is 7.41. The van der Waals surface area contributed by atoms with Crippen LogP contribution in [-0.2, 0) is 6.42 Å². The van der Waals surface area contributed by atoms with E-state index in [0.29, 0.717) is 42.1 Å². The summed E-state index contributed by atoms with van der Waals surface area (Å²) in [6, 6.07) is 8.31. The van der Waals surface area contributed by atoms with Gasteiger partial charge in [-0.15, -0.1) is 11.8 Å². The SMILES string of the molecule is CCCc1c(OCCC/C=C\C=C\C(Sc2ccc3c(=O)cc(C(=O)O)oc3c2)C(O)CCCC(F)(F)C(F)(F)F)ccc(C(C)=O)c1O. The van der Waals surface area contributed by atoms with Crippen LogP contribution in [0.1, 0.15) is 78.8 Å².